The Bertz CT molecular complexity index is 1640. The molecule has 3 fully saturated rings. The number of likely N-dealkylation sites (tertiary alicyclic amines) is 1. The number of methoxy groups -OCH3 is 1. The average molecular weight is 651 g/mol. The van der Waals surface area contributed by atoms with Crippen LogP contribution in [0.15, 0.2) is 42.7 Å². The summed E-state index contributed by atoms with van der Waals surface area (Å²) in [4.78, 5) is 31.1. The van der Waals surface area contributed by atoms with Crippen molar-refractivity contribution in [2.45, 2.75) is 37.5 Å². The van der Waals surface area contributed by atoms with Gasteiger partial charge in [-0.1, -0.05) is 0 Å². The van der Waals surface area contributed by atoms with Gasteiger partial charge in [0.15, 0.2) is 6.10 Å². The van der Waals surface area contributed by atoms with Crippen LogP contribution in [0.5, 0.6) is 11.5 Å². The number of carbonyl (C=O) groups excluding carboxylic acids is 1. The van der Waals surface area contributed by atoms with Crippen molar-refractivity contribution in [2.24, 2.45) is 0 Å². The first kappa shape index (κ1) is 32.3. The fourth-order valence-corrected chi connectivity index (χ4v) is 5.91. The number of hydrogen-bond donors (Lipinski definition) is 2. The lowest BCUT2D eigenvalue weighted by molar-refractivity contribution is -0.165. The Morgan fingerprint density at radius 1 is 1.15 bits per heavy atom. The van der Waals surface area contributed by atoms with Crippen LogP contribution < -0.4 is 19.7 Å². The zero-order chi connectivity index (χ0) is 33.1. The van der Waals surface area contributed by atoms with Crippen molar-refractivity contribution in [3.63, 3.8) is 0 Å². The molecule has 2 aromatic heterocycles. The van der Waals surface area contributed by atoms with Crippen molar-refractivity contribution in [3.05, 3.63) is 48.3 Å². The summed E-state index contributed by atoms with van der Waals surface area (Å²) in [6.07, 6.45) is 0.246. The molecule has 5 heterocycles. The van der Waals surface area contributed by atoms with Gasteiger partial charge >= 0.3 is 5.92 Å². The van der Waals surface area contributed by atoms with E-state index in [1.807, 2.05) is 6.07 Å². The number of ether oxygens (including phenoxy) is 3. The number of rotatable bonds is 9. The molecular formula is C32H36F2N8O5. The molecule has 1 amide bonds. The molecule has 0 bridgehead atoms. The lowest BCUT2D eigenvalue weighted by Crippen LogP contribution is -2.56. The number of amides is 1. The number of aliphatic hydroxyl groups excluding tert-OH is 1. The summed E-state index contributed by atoms with van der Waals surface area (Å²) < 4.78 is 46.5. The Hall–Kier alpha value is -4.65. The van der Waals surface area contributed by atoms with Crippen LogP contribution >= 0.6 is 0 Å². The third-order valence-corrected chi connectivity index (χ3v) is 8.62. The van der Waals surface area contributed by atoms with Crippen LogP contribution in [-0.2, 0) is 9.53 Å². The van der Waals surface area contributed by atoms with Crippen LogP contribution in [0.1, 0.15) is 18.9 Å². The molecule has 13 nitrogen and oxygen atoms in total. The lowest BCUT2D eigenvalue weighted by atomic mass is 10.0. The second kappa shape index (κ2) is 13.6. The van der Waals surface area contributed by atoms with E-state index in [1.165, 1.54) is 19.1 Å². The highest BCUT2D eigenvalue weighted by atomic mass is 19.3. The van der Waals surface area contributed by atoms with Gasteiger partial charge < -0.3 is 34.4 Å². The molecule has 3 saturated heterocycles. The number of anilines is 3. The van der Waals surface area contributed by atoms with Crippen molar-refractivity contribution in [1.29, 1.82) is 5.26 Å². The third-order valence-electron chi connectivity index (χ3n) is 8.62. The van der Waals surface area contributed by atoms with E-state index in [4.69, 9.17) is 14.2 Å². The van der Waals surface area contributed by atoms with Crippen molar-refractivity contribution < 1.29 is 32.9 Å². The molecule has 248 valence electrons. The van der Waals surface area contributed by atoms with Crippen LogP contribution in [0.4, 0.5) is 26.2 Å². The van der Waals surface area contributed by atoms with E-state index in [2.05, 4.69) is 30.1 Å². The Morgan fingerprint density at radius 2 is 1.94 bits per heavy atom. The molecule has 6 rings (SSSR count). The summed E-state index contributed by atoms with van der Waals surface area (Å²) in [5.74, 6) is -2.73. The maximum atomic E-state index is 14.9. The smallest absolute Gasteiger partial charge is 0.301 e. The fraction of sp³-hybridized carbons (Fsp3) is 0.469. The van der Waals surface area contributed by atoms with E-state index < -0.39 is 30.6 Å². The second-order valence-corrected chi connectivity index (χ2v) is 11.8. The summed E-state index contributed by atoms with van der Waals surface area (Å²) >= 11 is 0. The van der Waals surface area contributed by atoms with Crippen molar-refractivity contribution in [2.75, 3.05) is 69.8 Å². The number of aromatic nitrogens is 3. The van der Waals surface area contributed by atoms with Crippen molar-refractivity contribution in [3.8, 4) is 28.8 Å². The number of carbonyl (C=O) groups is 1. The Labute approximate surface area is 270 Å². The number of piperazine rings is 1. The number of aliphatic hydroxyl groups is 1. The van der Waals surface area contributed by atoms with E-state index in [0.717, 1.165) is 50.0 Å². The molecule has 47 heavy (non-hydrogen) atoms. The standard InChI is InChI=1S/C32H36F2N8O5/c1-20(43)30(44)42-8-6-28(32(33,34)19-42)47-26-4-3-21(13-22(26)15-35)24-5-7-36-31(38-24)39-29-14-27(45-2)25(16-37-29)41-11-9-40(10-12-41)23-17-46-18-23/h3-5,7,13-14,16,20,23,28,43H,6,8-12,17-19H2,1-2H3,(H,36,37,38,39). The van der Waals surface area contributed by atoms with Crippen LogP contribution in [0.2, 0.25) is 0 Å². The summed E-state index contributed by atoms with van der Waals surface area (Å²) in [6.45, 7) is 5.54. The van der Waals surface area contributed by atoms with E-state index in [0.29, 0.717) is 28.9 Å². The first-order chi connectivity index (χ1) is 22.6. The van der Waals surface area contributed by atoms with Gasteiger partial charge in [0.05, 0.1) is 56.1 Å². The number of alkyl halides is 2. The molecule has 2 unspecified atom stereocenters. The maximum absolute atomic E-state index is 14.9. The van der Waals surface area contributed by atoms with Gasteiger partial charge in [-0.15, -0.1) is 0 Å². The highest BCUT2D eigenvalue weighted by Gasteiger charge is 2.48. The number of benzene rings is 1. The number of hydrogen-bond acceptors (Lipinski definition) is 12. The van der Waals surface area contributed by atoms with E-state index >= 15 is 0 Å². The number of nitrogens with one attached hydrogen (secondary N) is 1. The highest BCUT2D eigenvalue weighted by molar-refractivity contribution is 5.80. The van der Waals surface area contributed by atoms with E-state index in [9.17, 15) is 23.9 Å². The van der Waals surface area contributed by atoms with Gasteiger partial charge in [0, 0.05) is 57.0 Å². The molecule has 3 aromatic rings. The minimum Gasteiger partial charge on any atom is -0.494 e. The summed E-state index contributed by atoms with van der Waals surface area (Å²) in [6, 6.07) is 10.6. The normalized spacial score (nSPS) is 20.6. The topological polar surface area (TPSA) is 149 Å². The molecule has 2 atom stereocenters. The molecular weight excluding hydrogens is 614 g/mol. The number of halogens is 2. The van der Waals surface area contributed by atoms with Crippen LogP contribution in [-0.4, -0.2) is 120 Å². The predicted octanol–water partition coefficient (Wildman–Crippen LogP) is 2.68. The van der Waals surface area contributed by atoms with E-state index in [-0.39, 0.29) is 30.2 Å². The van der Waals surface area contributed by atoms with Gasteiger partial charge in [-0.25, -0.2) is 23.7 Å². The SMILES string of the molecule is COc1cc(Nc2nccc(-c3ccc(OC4CCN(C(=O)C(C)O)CC4(F)F)c(C#N)c3)n2)ncc1N1CCN(C2COC2)CC1. The van der Waals surface area contributed by atoms with Crippen molar-refractivity contribution in [1.82, 2.24) is 24.8 Å². The van der Waals surface area contributed by atoms with Crippen LogP contribution in [0.25, 0.3) is 11.3 Å². The van der Waals surface area contributed by atoms with Gasteiger partial charge in [-0.2, -0.15) is 5.26 Å². The lowest BCUT2D eigenvalue weighted by Gasteiger charge is -2.43. The first-order valence-corrected chi connectivity index (χ1v) is 15.4. The van der Waals surface area contributed by atoms with E-state index in [1.54, 1.807) is 37.7 Å². The van der Waals surface area contributed by atoms with Crippen LogP contribution in [0.3, 0.4) is 0 Å². The predicted molar refractivity (Wildman–Crippen MR) is 167 cm³/mol. The second-order valence-electron chi connectivity index (χ2n) is 11.8. The monoisotopic (exact) mass is 650 g/mol. The summed E-state index contributed by atoms with van der Waals surface area (Å²) in [7, 11) is 1.62. The Morgan fingerprint density at radius 3 is 2.60 bits per heavy atom. The van der Waals surface area contributed by atoms with Gasteiger partial charge in [0.1, 0.15) is 29.5 Å². The molecule has 15 heteroatoms. The number of nitrogens with zero attached hydrogens (tertiary/aromatic N) is 7. The number of nitriles is 1. The molecule has 0 radical (unpaired) electrons. The highest BCUT2D eigenvalue weighted by Crippen LogP contribution is 2.35. The Kier molecular flexibility index (Phi) is 9.35. The first-order valence-electron chi connectivity index (χ1n) is 15.4. The zero-order valence-corrected chi connectivity index (χ0v) is 26.1. The third kappa shape index (κ3) is 7.04. The van der Waals surface area contributed by atoms with Gasteiger partial charge in [0.2, 0.25) is 5.95 Å². The molecule has 2 N–H and O–H groups in total. The van der Waals surface area contributed by atoms with Gasteiger partial charge in [0.25, 0.3) is 5.91 Å². The largest absolute Gasteiger partial charge is 0.494 e. The molecule has 3 aliphatic rings. The minimum atomic E-state index is -3.38. The molecule has 0 aliphatic carbocycles. The fourth-order valence-electron chi connectivity index (χ4n) is 5.91. The zero-order valence-electron chi connectivity index (χ0n) is 26.1. The Balaban J connectivity index is 1.12. The number of piperidine rings is 1. The minimum absolute atomic E-state index is 0.00140. The molecule has 1 aromatic carbocycles. The van der Waals surface area contributed by atoms with Gasteiger partial charge in [-0.3, -0.25) is 9.69 Å². The van der Waals surface area contributed by atoms with Crippen LogP contribution in [0, 0.1) is 11.3 Å². The number of pyridine rings is 1. The summed E-state index contributed by atoms with van der Waals surface area (Å²) in [5, 5.41) is 22.4. The average Bonchev–Trinajstić information content (AvgIpc) is 3.05. The molecule has 3 aliphatic heterocycles. The maximum Gasteiger partial charge on any atom is 0.301 e. The molecule has 0 saturated carbocycles. The molecule has 0 spiro atoms. The van der Waals surface area contributed by atoms with Crippen molar-refractivity contribution >= 4 is 23.4 Å². The quantitative estimate of drug-likeness (QED) is 0.351. The van der Waals surface area contributed by atoms with Gasteiger partial charge in [-0.05, 0) is 31.2 Å². The summed E-state index contributed by atoms with van der Waals surface area (Å²) in [5.41, 5.74) is 1.99.